The monoisotopic (exact) mass is 564 g/mol. The Kier molecular flexibility index (Phi) is 5.48. The third-order valence-electron chi connectivity index (χ3n) is 9.25. The second-order valence-electron chi connectivity index (χ2n) is 11.6. The molecule has 1 unspecified atom stereocenters. The van der Waals surface area contributed by atoms with Crippen LogP contribution in [0.2, 0.25) is 0 Å². The van der Waals surface area contributed by atoms with Gasteiger partial charge in [-0.05, 0) is 53.6 Å². The Morgan fingerprint density at radius 2 is 1.09 bits per heavy atom. The zero-order valence-corrected chi connectivity index (χ0v) is 24.0. The number of para-hydroxylation sites is 3. The lowest BCUT2D eigenvalue weighted by Crippen LogP contribution is -2.07. The summed E-state index contributed by atoms with van der Waals surface area (Å²) in [6, 6.07) is 53.2. The molecule has 0 saturated heterocycles. The molecule has 1 atom stereocenters. The van der Waals surface area contributed by atoms with Gasteiger partial charge in [-0.2, -0.15) is 0 Å². The highest BCUT2D eigenvalue weighted by Crippen LogP contribution is 2.47. The van der Waals surface area contributed by atoms with Crippen molar-refractivity contribution in [2.24, 2.45) is 0 Å². The van der Waals surface area contributed by atoms with E-state index in [0.717, 1.165) is 55.5 Å². The molecule has 44 heavy (non-hydrogen) atoms. The number of benzene rings is 6. The number of fused-ring (bicyclic) bond motifs is 8. The van der Waals surface area contributed by atoms with Crippen molar-refractivity contribution in [2.75, 3.05) is 0 Å². The zero-order valence-electron chi connectivity index (χ0n) is 24.0. The van der Waals surface area contributed by atoms with Gasteiger partial charge >= 0.3 is 0 Å². The molecule has 0 amide bonds. The SMILES string of the molecule is O=C1CC(c2ccccc2)c2ccccc2-c2c1c1cc3c4ccccc4n(-c4ccccc4)c3cc1n2-c1ccccc1. The lowest BCUT2D eigenvalue weighted by Gasteiger charge is -2.19. The number of ketones is 1. The van der Waals surface area contributed by atoms with E-state index in [1.54, 1.807) is 0 Å². The largest absolute Gasteiger partial charge is 0.309 e. The maximum atomic E-state index is 14.6. The first-order valence-electron chi connectivity index (χ1n) is 15.2. The van der Waals surface area contributed by atoms with Gasteiger partial charge in [0, 0.05) is 45.4 Å². The molecule has 2 aromatic heterocycles. The minimum atomic E-state index is -0.0182. The molecule has 208 valence electrons. The summed E-state index contributed by atoms with van der Waals surface area (Å²) >= 11 is 0. The number of Topliss-reactive ketones (excluding diaryl/α,β-unsaturated/α-hetero) is 1. The number of carbonyl (C=O) groups is 1. The van der Waals surface area contributed by atoms with Crippen LogP contribution in [0, 0.1) is 0 Å². The van der Waals surface area contributed by atoms with Crippen molar-refractivity contribution >= 4 is 38.5 Å². The van der Waals surface area contributed by atoms with E-state index in [2.05, 4.69) is 149 Å². The molecule has 0 radical (unpaired) electrons. The molecule has 0 bridgehead atoms. The van der Waals surface area contributed by atoms with Crippen molar-refractivity contribution in [3.8, 4) is 22.6 Å². The van der Waals surface area contributed by atoms with Gasteiger partial charge in [0.25, 0.3) is 0 Å². The minimum Gasteiger partial charge on any atom is -0.309 e. The third-order valence-corrected chi connectivity index (χ3v) is 9.25. The molecule has 3 nitrogen and oxygen atoms in total. The van der Waals surface area contributed by atoms with Crippen LogP contribution in [0.1, 0.15) is 33.8 Å². The number of rotatable bonds is 3. The molecule has 2 heterocycles. The van der Waals surface area contributed by atoms with Crippen LogP contribution in [0.25, 0.3) is 55.3 Å². The molecule has 8 aromatic rings. The van der Waals surface area contributed by atoms with Gasteiger partial charge in [0.15, 0.2) is 5.78 Å². The highest BCUT2D eigenvalue weighted by atomic mass is 16.1. The highest BCUT2D eigenvalue weighted by molar-refractivity contribution is 6.21. The van der Waals surface area contributed by atoms with Crippen LogP contribution in [0.3, 0.4) is 0 Å². The van der Waals surface area contributed by atoms with Gasteiger partial charge in [-0.15, -0.1) is 0 Å². The van der Waals surface area contributed by atoms with Crippen LogP contribution in [-0.4, -0.2) is 14.9 Å². The highest BCUT2D eigenvalue weighted by Gasteiger charge is 2.34. The van der Waals surface area contributed by atoms with Gasteiger partial charge in [-0.1, -0.05) is 109 Å². The number of carbonyl (C=O) groups excluding carboxylic acids is 1. The van der Waals surface area contributed by atoms with E-state index < -0.39 is 0 Å². The van der Waals surface area contributed by atoms with Crippen molar-refractivity contribution in [3.63, 3.8) is 0 Å². The van der Waals surface area contributed by atoms with E-state index in [9.17, 15) is 4.79 Å². The molecular weight excluding hydrogens is 536 g/mol. The first kappa shape index (κ1) is 24.9. The van der Waals surface area contributed by atoms with Crippen LogP contribution in [0.4, 0.5) is 0 Å². The van der Waals surface area contributed by atoms with E-state index in [1.165, 1.54) is 16.5 Å². The van der Waals surface area contributed by atoms with Gasteiger partial charge in [0.05, 0.1) is 27.8 Å². The van der Waals surface area contributed by atoms with E-state index in [-0.39, 0.29) is 11.7 Å². The Balaban J connectivity index is 1.45. The molecule has 0 fully saturated rings. The van der Waals surface area contributed by atoms with E-state index in [4.69, 9.17) is 0 Å². The number of nitrogens with zero attached hydrogens (tertiary/aromatic N) is 2. The van der Waals surface area contributed by atoms with Crippen molar-refractivity contribution in [2.45, 2.75) is 12.3 Å². The van der Waals surface area contributed by atoms with Crippen LogP contribution in [0.15, 0.2) is 152 Å². The lowest BCUT2D eigenvalue weighted by atomic mass is 9.86. The molecule has 6 aromatic carbocycles. The number of hydrogen-bond acceptors (Lipinski definition) is 1. The third kappa shape index (κ3) is 3.59. The molecule has 0 spiro atoms. The Morgan fingerprint density at radius 3 is 1.84 bits per heavy atom. The average Bonchev–Trinajstić information content (AvgIpc) is 3.55. The van der Waals surface area contributed by atoms with E-state index in [1.807, 2.05) is 12.1 Å². The Bertz CT molecular complexity index is 2360. The summed E-state index contributed by atoms with van der Waals surface area (Å²) in [5.74, 6) is 0.159. The van der Waals surface area contributed by atoms with Crippen molar-refractivity contribution < 1.29 is 4.79 Å². The average molecular weight is 565 g/mol. The van der Waals surface area contributed by atoms with Gasteiger partial charge in [0.2, 0.25) is 0 Å². The molecule has 0 saturated carbocycles. The molecule has 3 heteroatoms. The fourth-order valence-corrected chi connectivity index (χ4v) is 7.38. The second kappa shape index (κ2) is 9.68. The normalized spacial score (nSPS) is 14.5. The summed E-state index contributed by atoms with van der Waals surface area (Å²) in [5.41, 5.74) is 10.7. The first-order valence-corrected chi connectivity index (χ1v) is 15.2. The second-order valence-corrected chi connectivity index (χ2v) is 11.6. The van der Waals surface area contributed by atoms with Gasteiger partial charge in [-0.3, -0.25) is 4.79 Å². The molecule has 1 aliphatic rings. The number of hydrogen-bond donors (Lipinski definition) is 0. The van der Waals surface area contributed by atoms with Crippen LogP contribution in [0.5, 0.6) is 0 Å². The minimum absolute atomic E-state index is 0.0182. The maximum Gasteiger partial charge on any atom is 0.166 e. The molecule has 1 aliphatic carbocycles. The summed E-state index contributed by atoms with van der Waals surface area (Å²) in [7, 11) is 0. The smallest absolute Gasteiger partial charge is 0.166 e. The summed E-state index contributed by atoms with van der Waals surface area (Å²) in [6.45, 7) is 0. The topological polar surface area (TPSA) is 26.9 Å². The summed E-state index contributed by atoms with van der Waals surface area (Å²) < 4.78 is 4.67. The standard InChI is InChI=1S/C41H28N2O/c44-39-25-33(27-14-4-1-5-15-27)30-20-10-11-22-32(30)41-40(39)35-24-34-31-21-12-13-23-36(31)42(28-16-6-2-7-17-28)37(34)26-38(35)43(41)29-18-8-3-9-19-29/h1-24,26,33H,25H2. The van der Waals surface area contributed by atoms with Gasteiger partial charge in [0.1, 0.15) is 0 Å². The maximum absolute atomic E-state index is 14.6. The van der Waals surface area contributed by atoms with Crippen molar-refractivity contribution in [3.05, 3.63) is 168 Å². The Morgan fingerprint density at radius 1 is 0.500 bits per heavy atom. The fourth-order valence-electron chi connectivity index (χ4n) is 7.38. The van der Waals surface area contributed by atoms with Crippen LogP contribution < -0.4 is 0 Å². The molecule has 0 N–H and O–H groups in total. The predicted octanol–water partition coefficient (Wildman–Crippen LogP) is 10.1. The van der Waals surface area contributed by atoms with Crippen LogP contribution >= 0.6 is 0 Å². The number of aromatic nitrogens is 2. The van der Waals surface area contributed by atoms with Crippen LogP contribution in [-0.2, 0) is 0 Å². The fraction of sp³-hybridized carbons (Fsp3) is 0.0488. The molecule has 9 rings (SSSR count). The lowest BCUT2D eigenvalue weighted by molar-refractivity contribution is 0.0981. The zero-order chi connectivity index (χ0) is 29.2. The quantitative estimate of drug-likeness (QED) is 0.210. The van der Waals surface area contributed by atoms with Crippen molar-refractivity contribution in [1.82, 2.24) is 9.13 Å². The summed E-state index contributed by atoms with van der Waals surface area (Å²) in [6.07, 6.45) is 0.422. The van der Waals surface area contributed by atoms with Crippen molar-refractivity contribution in [1.29, 1.82) is 0 Å². The van der Waals surface area contributed by atoms with E-state index >= 15 is 0 Å². The van der Waals surface area contributed by atoms with Gasteiger partial charge < -0.3 is 9.13 Å². The Hall–Kier alpha value is -5.67. The van der Waals surface area contributed by atoms with E-state index in [0.29, 0.717) is 6.42 Å². The molecule has 0 aliphatic heterocycles. The first-order chi connectivity index (χ1) is 21.8. The summed E-state index contributed by atoms with van der Waals surface area (Å²) in [4.78, 5) is 14.6. The molecular formula is C41H28N2O. The van der Waals surface area contributed by atoms with Gasteiger partial charge in [-0.25, -0.2) is 0 Å². The Labute approximate surface area is 255 Å². The summed E-state index contributed by atoms with van der Waals surface area (Å²) in [5, 5.41) is 3.33. The predicted molar refractivity (Wildman–Crippen MR) is 180 cm³/mol.